The first-order chi connectivity index (χ1) is 12.1. The maximum absolute atomic E-state index is 12.5. The standard InChI is InChI=1S/C22H27NOS/c1-16(20-13-12-19-10-6-7-11-21(19)14-20)23-22(24)17(2)25-15-18-8-4-3-5-9-18/h3-5,8-9,12-14,16-17H,6-7,10-11,15H2,1-2H3,(H,23,24)/t16-,17-/m1/s1. The zero-order chi connectivity index (χ0) is 17.6. The van der Waals surface area contributed by atoms with Crippen molar-refractivity contribution in [3.8, 4) is 0 Å². The molecule has 0 unspecified atom stereocenters. The van der Waals surface area contributed by atoms with Gasteiger partial charge in [-0.3, -0.25) is 4.79 Å². The van der Waals surface area contributed by atoms with E-state index in [1.54, 1.807) is 11.8 Å². The van der Waals surface area contributed by atoms with Gasteiger partial charge in [0.25, 0.3) is 0 Å². The van der Waals surface area contributed by atoms with Gasteiger partial charge in [-0.05, 0) is 61.8 Å². The lowest BCUT2D eigenvalue weighted by molar-refractivity contribution is -0.120. The van der Waals surface area contributed by atoms with E-state index in [4.69, 9.17) is 0 Å². The Morgan fingerprint density at radius 3 is 2.52 bits per heavy atom. The molecule has 1 amide bonds. The average Bonchev–Trinajstić information content (AvgIpc) is 2.66. The first-order valence-corrected chi connectivity index (χ1v) is 10.3. The van der Waals surface area contributed by atoms with Gasteiger partial charge < -0.3 is 5.32 Å². The highest BCUT2D eigenvalue weighted by Gasteiger charge is 2.18. The summed E-state index contributed by atoms with van der Waals surface area (Å²) in [6.45, 7) is 4.07. The van der Waals surface area contributed by atoms with Gasteiger partial charge in [0.1, 0.15) is 0 Å². The van der Waals surface area contributed by atoms with Crippen LogP contribution in [0.15, 0.2) is 48.5 Å². The number of carbonyl (C=O) groups excluding carboxylic acids is 1. The molecule has 0 radical (unpaired) electrons. The number of hydrogen-bond donors (Lipinski definition) is 1. The van der Waals surface area contributed by atoms with E-state index in [2.05, 4.69) is 42.6 Å². The molecule has 3 heteroatoms. The summed E-state index contributed by atoms with van der Waals surface area (Å²) in [4.78, 5) is 12.5. The molecule has 132 valence electrons. The number of carbonyl (C=O) groups is 1. The molecule has 0 heterocycles. The van der Waals surface area contributed by atoms with E-state index in [1.165, 1.54) is 47.9 Å². The minimum Gasteiger partial charge on any atom is -0.349 e. The number of aryl methyl sites for hydroxylation is 2. The maximum atomic E-state index is 12.5. The smallest absolute Gasteiger partial charge is 0.233 e. The molecule has 0 fully saturated rings. The minimum absolute atomic E-state index is 0.0551. The second-order valence-corrected chi connectivity index (χ2v) is 8.23. The number of fused-ring (bicyclic) bond motifs is 1. The molecule has 0 aliphatic heterocycles. The second-order valence-electron chi connectivity index (χ2n) is 6.90. The predicted molar refractivity (Wildman–Crippen MR) is 107 cm³/mol. The van der Waals surface area contributed by atoms with E-state index in [0.29, 0.717) is 0 Å². The quantitative estimate of drug-likeness (QED) is 0.786. The topological polar surface area (TPSA) is 29.1 Å². The second kappa shape index (κ2) is 8.57. The molecule has 1 N–H and O–H groups in total. The molecule has 0 aromatic heterocycles. The average molecular weight is 354 g/mol. The van der Waals surface area contributed by atoms with Gasteiger partial charge in [-0.1, -0.05) is 48.5 Å². The number of benzene rings is 2. The van der Waals surface area contributed by atoms with E-state index in [-0.39, 0.29) is 17.2 Å². The van der Waals surface area contributed by atoms with Crippen LogP contribution >= 0.6 is 11.8 Å². The lowest BCUT2D eigenvalue weighted by Gasteiger charge is -2.21. The fourth-order valence-corrected chi connectivity index (χ4v) is 4.16. The van der Waals surface area contributed by atoms with Crippen molar-refractivity contribution >= 4 is 17.7 Å². The van der Waals surface area contributed by atoms with Crippen LogP contribution in [0.1, 0.15) is 55.0 Å². The lowest BCUT2D eigenvalue weighted by atomic mass is 9.89. The van der Waals surface area contributed by atoms with Gasteiger partial charge in [0, 0.05) is 5.75 Å². The highest BCUT2D eigenvalue weighted by Crippen LogP contribution is 2.25. The van der Waals surface area contributed by atoms with Crippen LogP contribution in [0.2, 0.25) is 0 Å². The van der Waals surface area contributed by atoms with E-state index in [1.807, 2.05) is 25.1 Å². The van der Waals surface area contributed by atoms with Gasteiger partial charge in [-0.15, -0.1) is 11.8 Å². The number of rotatable bonds is 6. The Labute approximate surface area is 155 Å². The summed E-state index contributed by atoms with van der Waals surface area (Å²) in [5.41, 5.74) is 5.43. The third-order valence-corrected chi connectivity index (χ3v) is 6.16. The van der Waals surface area contributed by atoms with Gasteiger partial charge in [0.2, 0.25) is 5.91 Å². The van der Waals surface area contributed by atoms with Crippen molar-refractivity contribution in [2.45, 2.75) is 56.6 Å². The fourth-order valence-electron chi connectivity index (χ4n) is 3.31. The van der Waals surface area contributed by atoms with Crippen LogP contribution in [0, 0.1) is 0 Å². The number of nitrogens with one attached hydrogen (secondary N) is 1. The third kappa shape index (κ3) is 4.88. The molecule has 2 aromatic carbocycles. The Kier molecular flexibility index (Phi) is 6.19. The summed E-state index contributed by atoms with van der Waals surface area (Å²) >= 11 is 1.69. The number of hydrogen-bond acceptors (Lipinski definition) is 2. The maximum Gasteiger partial charge on any atom is 0.233 e. The van der Waals surface area contributed by atoms with Gasteiger partial charge >= 0.3 is 0 Å². The Hall–Kier alpha value is -1.74. The Balaban J connectivity index is 1.54. The van der Waals surface area contributed by atoms with E-state index in [9.17, 15) is 4.79 Å². The van der Waals surface area contributed by atoms with Crippen molar-refractivity contribution in [3.63, 3.8) is 0 Å². The summed E-state index contributed by atoms with van der Waals surface area (Å²) in [6.07, 6.45) is 4.95. The molecule has 0 saturated carbocycles. The molecule has 1 aliphatic carbocycles. The Morgan fingerprint density at radius 1 is 1.04 bits per heavy atom. The molecule has 0 saturated heterocycles. The van der Waals surface area contributed by atoms with Crippen molar-refractivity contribution < 1.29 is 4.79 Å². The highest BCUT2D eigenvalue weighted by molar-refractivity contribution is 7.99. The minimum atomic E-state index is -0.0553. The SMILES string of the molecule is C[C@@H](SCc1ccccc1)C(=O)N[C@H](C)c1ccc2c(c1)CCCC2. The first kappa shape index (κ1) is 18.1. The lowest BCUT2D eigenvalue weighted by Crippen LogP contribution is -2.33. The van der Waals surface area contributed by atoms with Crippen LogP contribution < -0.4 is 5.32 Å². The van der Waals surface area contributed by atoms with E-state index < -0.39 is 0 Å². The summed E-state index contributed by atoms with van der Waals surface area (Å²) in [6, 6.07) is 17.1. The van der Waals surface area contributed by atoms with E-state index >= 15 is 0 Å². The van der Waals surface area contributed by atoms with Crippen LogP contribution in [0.3, 0.4) is 0 Å². The predicted octanol–water partition coefficient (Wildman–Crippen LogP) is 5.06. The molecular formula is C22H27NOS. The Bertz CT molecular complexity index is 713. The molecule has 3 rings (SSSR count). The normalized spacial score (nSPS) is 15.9. The van der Waals surface area contributed by atoms with Crippen molar-refractivity contribution in [1.29, 1.82) is 0 Å². The molecular weight excluding hydrogens is 326 g/mol. The van der Waals surface area contributed by atoms with Crippen molar-refractivity contribution in [3.05, 3.63) is 70.8 Å². The molecule has 25 heavy (non-hydrogen) atoms. The summed E-state index contributed by atoms with van der Waals surface area (Å²) in [5.74, 6) is 0.981. The molecule has 2 atom stereocenters. The zero-order valence-corrected chi connectivity index (χ0v) is 15.9. The van der Waals surface area contributed by atoms with Crippen LogP contribution in [0.5, 0.6) is 0 Å². The fraction of sp³-hybridized carbons (Fsp3) is 0.409. The van der Waals surface area contributed by atoms with Crippen molar-refractivity contribution in [2.75, 3.05) is 0 Å². The van der Waals surface area contributed by atoms with Crippen molar-refractivity contribution in [1.82, 2.24) is 5.32 Å². The monoisotopic (exact) mass is 353 g/mol. The van der Waals surface area contributed by atoms with Gasteiger partial charge in [0.05, 0.1) is 11.3 Å². The van der Waals surface area contributed by atoms with Crippen LogP contribution in [-0.2, 0) is 23.4 Å². The number of thioether (sulfide) groups is 1. The number of amides is 1. The highest BCUT2D eigenvalue weighted by atomic mass is 32.2. The summed E-state index contributed by atoms with van der Waals surface area (Å²) < 4.78 is 0. The first-order valence-electron chi connectivity index (χ1n) is 9.21. The van der Waals surface area contributed by atoms with Crippen molar-refractivity contribution in [2.24, 2.45) is 0 Å². The zero-order valence-electron chi connectivity index (χ0n) is 15.1. The van der Waals surface area contributed by atoms with Gasteiger partial charge in [-0.2, -0.15) is 0 Å². The molecule has 2 aromatic rings. The van der Waals surface area contributed by atoms with Gasteiger partial charge in [0.15, 0.2) is 0 Å². The molecule has 2 nitrogen and oxygen atoms in total. The summed E-state index contributed by atoms with van der Waals surface area (Å²) in [7, 11) is 0. The molecule has 0 spiro atoms. The van der Waals surface area contributed by atoms with Crippen LogP contribution in [0.4, 0.5) is 0 Å². The third-order valence-electron chi connectivity index (χ3n) is 4.94. The van der Waals surface area contributed by atoms with Gasteiger partial charge in [-0.25, -0.2) is 0 Å². The summed E-state index contributed by atoms with van der Waals surface area (Å²) in [5, 5.41) is 3.12. The largest absolute Gasteiger partial charge is 0.349 e. The van der Waals surface area contributed by atoms with Crippen LogP contribution in [0.25, 0.3) is 0 Å². The molecule has 1 aliphatic rings. The molecule has 0 bridgehead atoms. The van der Waals surface area contributed by atoms with E-state index in [0.717, 1.165) is 5.75 Å². The van der Waals surface area contributed by atoms with Crippen LogP contribution in [-0.4, -0.2) is 11.2 Å². The Morgan fingerprint density at radius 2 is 1.76 bits per heavy atom.